The predicted octanol–water partition coefficient (Wildman–Crippen LogP) is 0.741. The van der Waals surface area contributed by atoms with Crippen molar-refractivity contribution in [2.75, 3.05) is 18.9 Å². The molecule has 2 rings (SSSR count). The van der Waals surface area contributed by atoms with Crippen LogP contribution < -0.4 is 5.73 Å². The fourth-order valence-electron chi connectivity index (χ4n) is 1.47. The molecule has 88 valence electrons. The number of cyclic esters (lactones) is 1. The molecule has 0 atom stereocenters. The average molecular weight is 245 g/mol. The van der Waals surface area contributed by atoms with Gasteiger partial charge in [-0.15, -0.1) is 12.4 Å². The van der Waals surface area contributed by atoms with Gasteiger partial charge in [-0.3, -0.25) is 4.90 Å². The maximum absolute atomic E-state index is 11.2. The van der Waals surface area contributed by atoms with Crippen molar-refractivity contribution in [2.45, 2.75) is 13.5 Å². The molecule has 1 aliphatic rings. The van der Waals surface area contributed by atoms with Crippen molar-refractivity contribution >= 4 is 24.3 Å². The van der Waals surface area contributed by atoms with E-state index in [1.165, 1.54) is 0 Å². The monoisotopic (exact) mass is 244 g/mol. The minimum absolute atomic E-state index is 0. The molecule has 16 heavy (non-hydrogen) atoms. The van der Waals surface area contributed by atoms with E-state index in [1.807, 2.05) is 6.92 Å². The average Bonchev–Trinajstić information content (AvgIpc) is 2.50. The van der Waals surface area contributed by atoms with Crippen LogP contribution in [0.3, 0.4) is 0 Å². The summed E-state index contributed by atoms with van der Waals surface area (Å²) in [6, 6.07) is 1.69. The predicted molar refractivity (Wildman–Crippen MR) is 60.2 cm³/mol. The van der Waals surface area contributed by atoms with E-state index in [2.05, 4.69) is 9.97 Å². The summed E-state index contributed by atoms with van der Waals surface area (Å²) < 4.78 is 4.80. The molecule has 0 aromatic carbocycles. The van der Waals surface area contributed by atoms with Gasteiger partial charge in [-0.25, -0.2) is 14.8 Å². The van der Waals surface area contributed by atoms with Crippen LogP contribution in [0.5, 0.6) is 0 Å². The zero-order valence-corrected chi connectivity index (χ0v) is 9.66. The van der Waals surface area contributed by atoms with Crippen LogP contribution in [0.25, 0.3) is 0 Å². The van der Waals surface area contributed by atoms with Gasteiger partial charge >= 0.3 is 6.09 Å². The third kappa shape index (κ3) is 2.73. The number of nitrogens with two attached hydrogens (primary N) is 1. The fourth-order valence-corrected chi connectivity index (χ4v) is 1.47. The summed E-state index contributed by atoms with van der Waals surface area (Å²) >= 11 is 0. The summed E-state index contributed by atoms with van der Waals surface area (Å²) in [5.74, 6) is 0.969. The Hall–Kier alpha value is -1.56. The SMILES string of the molecule is Cc1cc(N)nc(CN2CCOC2=O)n1.Cl. The van der Waals surface area contributed by atoms with Gasteiger partial charge in [0.25, 0.3) is 0 Å². The molecule has 1 aliphatic heterocycles. The van der Waals surface area contributed by atoms with Crippen molar-refractivity contribution < 1.29 is 9.53 Å². The number of rotatable bonds is 2. The number of nitrogen functional groups attached to an aromatic ring is 1. The molecule has 1 aromatic heterocycles. The number of ether oxygens (including phenoxy) is 1. The van der Waals surface area contributed by atoms with Gasteiger partial charge in [0.1, 0.15) is 18.2 Å². The molecule has 2 heterocycles. The molecule has 0 aliphatic carbocycles. The molecule has 2 N–H and O–H groups in total. The lowest BCUT2D eigenvalue weighted by molar-refractivity contribution is 0.156. The highest BCUT2D eigenvalue weighted by Crippen LogP contribution is 2.09. The van der Waals surface area contributed by atoms with Crippen LogP contribution in [0.4, 0.5) is 10.6 Å². The van der Waals surface area contributed by atoms with E-state index in [0.29, 0.717) is 31.3 Å². The molecule has 1 fully saturated rings. The Labute approximate surface area is 99.2 Å². The lowest BCUT2D eigenvalue weighted by Gasteiger charge is -2.11. The van der Waals surface area contributed by atoms with E-state index in [4.69, 9.17) is 10.5 Å². The van der Waals surface area contributed by atoms with Gasteiger partial charge < -0.3 is 10.5 Å². The van der Waals surface area contributed by atoms with Crippen LogP contribution >= 0.6 is 12.4 Å². The minimum atomic E-state index is -0.321. The van der Waals surface area contributed by atoms with Crippen molar-refractivity contribution in [3.05, 3.63) is 17.6 Å². The lowest BCUT2D eigenvalue weighted by atomic mass is 10.4. The first-order chi connectivity index (χ1) is 7.15. The second kappa shape index (κ2) is 4.98. The van der Waals surface area contributed by atoms with Crippen LogP contribution in [0.1, 0.15) is 11.5 Å². The molecule has 0 radical (unpaired) electrons. The summed E-state index contributed by atoms with van der Waals surface area (Å²) in [6.07, 6.45) is -0.321. The standard InChI is InChI=1S/C9H12N4O2.ClH/c1-6-4-7(10)12-8(11-6)5-13-2-3-15-9(13)14;/h4H,2-3,5H2,1H3,(H2,10,11,12);1H. The largest absolute Gasteiger partial charge is 0.448 e. The highest BCUT2D eigenvalue weighted by atomic mass is 35.5. The molecule has 1 saturated heterocycles. The number of aromatic nitrogens is 2. The molecular weight excluding hydrogens is 232 g/mol. The van der Waals surface area contributed by atoms with E-state index in [1.54, 1.807) is 11.0 Å². The smallest absolute Gasteiger partial charge is 0.410 e. The first-order valence-corrected chi connectivity index (χ1v) is 4.67. The Bertz CT molecular complexity index is 379. The topological polar surface area (TPSA) is 81.3 Å². The van der Waals surface area contributed by atoms with Crippen LogP contribution in [-0.2, 0) is 11.3 Å². The summed E-state index contributed by atoms with van der Waals surface area (Å²) in [5.41, 5.74) is 6.38. The van der Waals surface area contributed by atoms with Crippen LogP contribution in [-0.4, -0.2) is 34.1 Å². The van der Waals surface area contributed by atoms with Crippen molar-refractivity contribution in [2.24, 2.45) is 0 Å². The maximum Gasteiger partial charge on any atom is 0.410 e. The molecule has 1 amide bonds. The van der Waals surface area contributed by atoms with E-state index < -0.39 is 0 Å². The number of halogens is 1. The Kier molecular flexibility index (Phi) is 3.89. The third-order valence-corrected chi connectivity index (χ3v) is 2.10. The van der Waals surface area contributed by atoms with Gasteiger partial charge in [-0.1, -0.05) is 0 Å². The van der Waals surface area contributed by atoms with Crippen LogP contribution in [0.15, 0.2) is 6.07 Å². The minimum Gasteiger partial charge on any atom is -0.448 e. The van der Waals surface area contributed by atoms with Crippen molar-refractivity contribution in [1.29, 1.82) is 0 Å². The molecule has 0 unspecified atom stereocenters. The number of hydrogen-bond donors (Lipinski definition) is 1. The zero-order valence-electron chi connectivity index (χ0n) is 8.84. The Morgan fingerprint density at radius 2 is 2.31 bits per heavy atom. The van der Waals surface area contributed by atoms with Gasteiger partial charge in [0.05, 0.1) is 13.1 Å². The van der Waals surface area contributed by atoms with Gasteiger partial charge in [-0.05, 0) is 6.92 Å². The second-order valence-corrected chi connectivity index (χ2v) is 3.39. The Balaban J connectivity index is 0.00000128. The molecular formula is C9H13ClN4O2. The van der Waals surface area contributed by atoms with E-state index >= 15 is 0 Å². The lowest BCUT2D eigenvalue weighted by Crippen LogP contribution is -2.25. The summed E-state index contributed by atoms with van der Waals surface area (Å²) in [5, 5.41) is 0. The van der Waals surface area contributed by atoms with E-state index in [9.17, 15) is 4.79 Å². The highest BCUT2D eigenvalue weighted by molar-refractivity contribution is 5.85. The van der Waals surface area contributed by atoms with Gasteiger partial charge in [0, 0.05) is 11.8 Å². The normalized spacial score (nSPS) is 14.6. The summed E-state index contributed by atoms with van der Waals surface area (Å²) in [4.78, 5) is 21.0. The molecule has 0 bridgehead atoms. The zero-order chi connectivity index (χ0) is 10.8. The molecule has 0 saturated carbocycles. The summed E-state index contributed by atoms with van der Waals surface area (Å²) in [6.45, 7) is 3.20. The number of aryl methyl sites for hydroxylation is 1. The first kappa shape index (κ1) is 12.5. The number of carbonyl (C=O) groups excluding carboxylic acids is 1. The number of nitrogens with zero attached hydrogens (tertiary/aromatic N) is 3. The number of carbonyl (C=O) groups is 1. The van der Waals surface area contributed by atoms with Crippen LogP contribution in [0.2, 0.25) is 0 Å². The van der Waals surface area contributed by atoms with E-state index in [0.717, 1.165) is 5.69 Å². The quantitative estimate of drug-likeness (QED) is 0.830. The summed E-state index contributed by atoms with van der Waals surface area (Å²) in [7, 11) is 0. The van der Waals surface area contributed by atoms with E-state index in [-0.39, 0.29) is 18.5 Å². The Morgan fingerprint density at radius 3 is 2.88 bits per heavy atom. The fraction of sp³-hybridized carbons (Fsp3) is 0.444. The highest BCUT2D eigenvalue weighted by Gasteiger charge is 2.22. The third-order valence-electron chi connectivity index (χ3n) is 2.10. The first-order valence-electron chi connectivity index (χ1n) is 4.67. The maximum atomic E-state index is 11.2. The molecule has 0 spiro atoms. The number of amides is 1. The molecule has 7 heteroatoms. The van der Waals surface area contributed by atoms with Crippen molar-refractivity contribution in [3.63, 3.8) is 0 Å². The molecule has 1 aromatic rings. The van der Waals surface area contributed by atoms with Gasteiger partial charge in [-0.2, -0.15) is 0 Å². The van der Waals surface area contributed by atoms with Gasteiger partial charge in [0.15, 0.2) is 0 Å². The van der Waals surface area contributed by atoms with Crippen molar-refractivity contribution in [3.8, 4) is 0 Å². The number of hydrogen-bond acceptors (Lipinski definition) is 5. The Morgan fingerprint density at radius 1 is 1.56 bits per heavy atom. The van der Waals surface area contributed by atoms with Crippen molar-refractivity contribution in [1.82, 2.24) is 14.9 Å². The van der Waals surface area contributed by atoms with Crippen LogP contribution in [0, 0.1) is 6.92 Å². The van der Waals surface area contributed by atoms with Gasteiger partial charge in [0.2, 0.25) is 0 Å². The second-order valence-electron chi connectivity index (χ2n) is 3.39. The molecule has 6 nitrogen and oxygen atoms in total. The number of anilines is 1.